The van der Waals surface area contributed by atoms with Crippen molar-refractivity contribution in [2.45, 2.75) is 17.6 Å². The van der Waals surface area contributed by atoms with E-state index < -0.39 is 5.54 Å². The summed E-state index contributed by atoms with van der Waals surface area (Å²) in [5, 5.41) is 22.8. The Morgan fingerprint density at radius 3 is 1.15 bits per heavy atom. The fourth-order valence-electron chi connectivity index (χ4n) is 4.80. The number of aliphatic hydroxyl groups is 2. The standard InChI is InChI=1S/C27H25NO.C8H11NO/c29-21-26(22-13-5-1-6-14-22)28-27(23-15-7-2-8-16-23,24-17-9-3-10-18-24)25-19-11-4-12-20-25;9-8(6-10)7-4-2-1-3-5-7/h1-20,26,28-29H,21H2;1-5,8,10H,6,9H2/t26-;8-/m11/s1. The van der Waals surface area contributed by atoms with Gasteiger partial charge in [-0.25, -0.2) is 0 Å². The second-order valence-corrected chi connectivity index (χ2v) is 9.34. The van der Waals surface area contributed by atoms with Crippen molar-refractivity contribution in [3.63, 3.8) is 0 Å². The average molecular weight is 517 g/mol. The number of nitrogens with one attached hydrogen (secondary N) is 1. The van der Waals surface area contributed by atoms with Crippen LogP contribution >= 0.6 is 0 Å². The molecule has 5 N–H and O–H groups in total. The first kappa shape index (κ1) is 28.0. The lowest BCUT2D eigenvalue weighted by molar-refractivity contribution is 0.223. The van der Waals surface area contributed by atoms with Gasteiger partial charge in [-0.15, -0.1) is 0 Å². The zero-order chi connectivity index (χ0) is 27.3. The van der Waals surface area contributed by atoms with Gasteiger partial charge in [0.1, 0.15) is 0 Å². The fourth-order valence-corrected chi connectivity index (χ4v) is 4.80. The molecule has 0 aromatic heterocycles. The molecule has 39 heavy (non-hydrogen) atoms. The van der Waals surface area contributed by atoms with Crippen LogP contribution in [0.2, 0.25) is 0 Å². The third-order valence-corrected chi connectivity index (χ3v) is 6.82. The Bertz CT molecular complexity index is 1250. The van der Waals surface area contributed by atoms with E-state index in [9.17, 15) is 5.11 Å². The lowest BCUT2D eigenvalue weighted by Gasteiger charge is -2.40. The van der Waals surface area contributed by atoms with Gasteiger partial charge in [-0.2, -0.15) is 0 Å². The summed E-state index contributed by atoms with van der Waals surface area (Å²) in [6.07, 6.45) is 0. The zero-order valence-electron chi connectivity index (χ0n) is 22.0. The van der Waals surface area contributed by atoms with E-state index >= 15 is 0 Å². The molecule has 5 aromatic rings. The van der Waals surface area contributed by atoms with Gasteiger partial charge < -0.3 is 15.9 Å². The van der Waals surface area contributed by atoms with E-state index in [4.69, 9.17) is 10.8 Å². The van der Waals surface area contributed by atoms with Gasteiger partial charge in [0.2, 0.25) is 0 Å². The molecule has 0 fully saturated rings. The highest BCUT2D eigenvalue weighted by Gasteiger charge is 2.38. The molecule has 0 bridgehead atoms. The molecule has 2 atom stereocenters. The third-order valence-electron chi connectivity index (χ3n) is 6.82. The maximum absolute atomic E-state index is 10.3. The minimum Gasteiger partial charge on any atom is -0.394 e. The van der Waals surface area contributed by atoms with Crippen LogP contribution < -0.4 is 11.1 Å². The topological polar surface area (TPSA) is 78.5 Å². The minimum atomic E-state index is -0.604. The SMILES string of the molecule is N[C@H](CO)c1ccccc1.OC[C@@H](NC(c1ccccc1)(c1ccccc1)c1ccccc1)c1ccccc1. The molecular formula is C35H36N2O2. The molecule has 0 aliphatic heterocycles. The van der Waals surface area contributed by atoms with Crippen LogP contribution in [0, 0.1) is 0 Å². The predicted octanol–water partition coefficient (Wildman–Crippen LogP) is 5.98. The van der Waals surface area contributed by atoms with E-state index in [1.54, 1.807) is 0 Å². The highest BCUT2D eigenvalue weighted by molar-refractivity contribution is 5.50. The number of hydrogen-bond acceptors (Lipinski definition) is 4. The quantitative estimate of drug-likeness (QED) is 0.182. The molecule has 0 heterocycles. The Morgan fingerprint density at radius 1 is 0.487 bits per heavy atom. The van der Waals surface area contributed by atoms with E-state index in [2.05, 4.69) is 90.2 Å². The van der Waals surface area contributed by atoms with Crippen molar-refractivity contribution in [2.75, 3.05) is 13.2 Å². The Hall–Kier alpha value is -4.06. The van der Waals surface area contributed by atoms with Crippen molar-refractivity contribution in [1.82, 2.24) is 5.32 Å². The number of aliphatic hydroxyl groups excluding tert-OH is 2. The third kappa shape index (κ3) is 6.88. The molecule has 5 rings (SSSR count). The second-order valence-electron chi connectivity index (χ2n) is 9.34. The van der Waals surface area contributed by atoms with Gasteiger partial charge in [-0.3, -0.25) is 5.32 Å². The maximum atomic E-state index is 10.3. The largest absolute Gasteiger partial charge is 0.394 e. The number of nitrogens with two attached hydrogens (primary N) is 1. The molecule has 0 saturated heterocycles. The van der Waals surface area contributed by atoms with Crippen LogP contribution in [0.15, 0.2) is 152 Å². The molecule has 0 aliphatic rings. The second kappa shape index (κ2) is 14.2. The molecule has 0 aliphatic carbocycles. The number of rotatable bonds is 9. The predicted molar refractivity (Wildman–Crippen MR) is 159 cm³/mol. The minimum absolute atomic E-state index is 0.00172. The van der Waals surface area contributed by atoms with Crippen LogP contribution in [0.3, 0.4) is 0 Å². The summed E-state index contributed by atoms with van der Waals surface area (Å²) in [5.74, 6) is 0. The molecule has 5 aromatic carbocycles. The Morgan fingerprint density at radius 2 is 0.821 bits per heavy atom. The van der Waals surface area contributed by atoms with E-state index in [0.717, 1.165) is 27.8 Å². The number of hydrogen-bond donors (Lipinski definition) is 4. The van der Waals surface area contributed by atoms with Gasteiger partial charge in [-0.05, 0) is 27.8 Å². The molecule has 0 radical (unpaired) electrons. The van der Waals surface area contributed by atoms with Crippen molar-refractivity contribution < 1.29 is 10.2 Å². The summed E-state index contributed by atoms with van der Waals surface area (Å²) in [5.41, 5.74) is 10.4. The van der Waals surface area contributed by atoms with Gasteiger partial charge in [0.05, 0.1) is 30.8 Å². The molecule has 0 unspecified atom stereocenters. The highest BCUT2D eigenvalue weighted by atomic mass is 16.3. The van der Waals surface area contributed by atoms with Gasteiger partial charge in [-0.1, -0.05) is 152 Å². The first-order valence-corrected chi connectivity index (χ1v) is 13.2. The lowest BCUT2D eigenvalue weighted by atomic mass is 9.76. The summed E-state index contributed by atoms with van der Waals surface area (Å²) in [7, 11) is 0. The van der Waals surface area contributed by atoms with Crippen molar-refractivity contribution in [3.05, 3.63) is 179 Å². The van der Waals surface area contributed by atoms with Crippen molar-refractivity contribution in [1.29, 1.82) is 0 Å². The first-order valence-electron chi connectivity index (χ1n) is 13.2. The molecule has 0 spiro atoms. The maximum Gasteiger partial charge on any atom is 0.0953 e. The summed E-state index contributed by atoms with van der Waals surface area (Å²) >= 11 is 0. The van der Waals surface area contributed by atoms with Gasteiger partial charge in [0.15, 0.2) is 0 Å². The lowest BCUT2D eigenvalue weighted by Crippen LogP contribution is -2.47. The van der Waals surface area contributed by atoms with Gasteiger partial charge in [0, 0.05) is 0 Å². The highest BCUT2D eigenvalue weighted by Crippen LogP contribution is 2.38. The van der Waals surface area contributed by atoms with Crippen LogP contribution in [-0.4, -0.2) is 23.4 Å². The van der Waals surface area contributed by atoms with Crippen molar-refractivity contribution in [2.24, 2.45) is 5.73 Å². The Balaban J connectivity index is 0.000000298. The first-order chi connectivity index (χ1) is 19.2. The van der Waals surface area contributed by atoms with Crippen molar-refractivity contribution in [3.8, 4) is 0 Å². The Labute approximate surface area is 231 Å². The van der Waals surface area contributed by atoms with Crippen molar-refractivity contribution >= 4 is 0 Å². The van der Waals surface area contributed by atoms with E-state index in [1.807, 2.05) is 66.7 Å². The molecule has 198 valence electrons. The van der Waals surface area contributed by atoms with E-state index in [1.165, 1.54) is 0 Å². The van der Waals surface area contributed by atoms with Crippen LogP contribution in [0.4, 0.5) is 0 Å². The molecular weight excluding hydrogens is 480 g/mol. The average Bonchev–Trinajstić information content (AvgIpc) is 3.04. The summed E-state index contributed by atoms with van der Waals surface area (Å²) in [4.78, 5) is 0. The van der Waals surface area contributed by atoms with E-state index in [0.29, 0.717) is 0 Å². The molecule has 0 saturated carbocycles. The smallest absolute Gasteiger partial charge is 0.0953 e. The summed E-state index contributed by atoms with van der Waals surface area (Å²) in [6, 6.07) is 50.6. The monoisotopic (exact) mass is 516 g/mol. The normalized spacial score (nSPS) is 12.6. The number of benzene rings is 5. The van der Waals surface area contributed by atoms with Crippen LogP contribution in [0.1, 0.15) is 39.9 Å². The molecule has 0 amide bonds. The summed E-state index contributed by atoms with van der Waals surface area (Å²) < 4.78 is 0. The van der Waals surface area contributed by atoms with Gasteiger partial charge >= 0.3 is 0 Å². The van der Waals surface area contributed by atoms with Gasteiger partial charge in [0.25, 0.3) is 0 Å². The molecule has 4 nitrogen and oxygen atoms in total. The van der Waals surface area contributed by atoms with Crippen LogP contribution in [0.5, 0.6) is 0 Å². The van der Waals surface area contributed by atoms with E-state index in [-0.39, 0.29) is 25.3 Å². The molecule has 4 heteroatoms. The van der Waals surface area contributed by atoms with Crippen LogP contribution in [-0.2, 0) is 5.54 Å². The summed E-state index contributed by atoms with van der Waals surface area (Å²) in [6.45, 7) is 0.00226. The fraction of sp³-hybridized carbons (Fsp3) is 0.143. The van der Waals surface area contributed by atoms with Crippen LogP contribution in [0.25, 0.3) is 0 Å². The zero-order valence-corrected chi connectivity index (χ0v) is 22.0. The Kier molecular flexibility index (Phi) is 10.2.